The van der Waals surface area contributed by atoms with E-state index in [1.54, 1.807) is 0 Å². The summed E-state index contributed by atoms with van der Waals surface area (Å²) in [7, 11) is 0. The van der Waals surface area contributed by atoms with E-state index >= 15 is 0 Å². The summed E-state index contributed by atoms with van der Waals surface area (Å²) in [6.07, 6.45) is -4.47. The molecule has 0 saturated heterocycles. The summed E-state index contributed by atoms with van der Waals surface area (Å²) in [4.78, 5) is 13.0. The number of rotatable bonds is 2. The van der Waals surface area contributed by atoms with Crippen molar-refractivity contribution in [2.24, 2.45) is 5.18 Å². The summed E-state index contributed by atoms with van der Waals surface area (Å²) in [5, 5.41) is 2.45. The zero-order valence-electron chi connectivity index (χ0n) is 6.38. The number of hydrogen-bond acceptors (Lipinski definition) is 3. The highest BCUT2D eigenvalue weighted by atomic mass is 19.4. The zero-order valence-corrected chi connectivity index (χ0v) is 6.38. The smallest absolute Gasteiger partial charge is 0.246 e. The number of pyridine rings is 1. The molecule has 1 aromatic rings. The average Bonchev–Trinajstić information content (AvgIpc) is 2.04. The number of nitroso groups, excluding NO2 is 1. The summed E-state index contributed by atoms with van der Waals surface area (Å²) >= 11 is 0. The molecule has 0 atom stereocenters. The fourth-order valence-corrected chi connectivity index (χ4v) is 0.792. The molecule has 3 nitrogen and oxygen atoms in total. The fraction of sp³-hybridized carbons (Fsp3) is 0.286. The van der Waals surface area contributed by atoms with Gasteiger partial charge >= 0.3 is 6.18 Å². The van der Waals surface area contributed by atoms with Crippen LogP contribution in [0.5, 0.6) is 0 Å². The lowest BCUT2D eigenvalue weighted by molar-refractivity contribution is -0.141. The van der Waals surface area contributed by atoms with Crippen molar-refractivity contribution in [3.63, 3.8) is 0 Å². The van der Waals surface area contributed by atoms with Gasteiger partial charge in [-0.15, -0.1) is 0 Å². The normalized spacial score (nSPS) is 11.3. The van der Waals surface area contributed by atoms with Crippen LogP contribution in [0, 0.1) is 4.91 Å². The molecule has 1 rings (SSSR count). The van der Waals surface area contributed by atoms with Crippen LogP contribution in [0.4, 0.5) is 13.2 Å². The van der Waals surface area contributed by atoms with Gasteiger partial charge in [-0.1, -0.05) is 11.2 Å². The van der Waals surface area contributed by atoms with Crippen LogP contribution in [0.2, 0.25) is 0 Å². The van der Waals surface area contributed by atoms with Gasteiger partial charge in [0, 0.05) is 0 Å². The van der Waals surface area contributed by atoms with E-state index in [4.69, 9.17) is 0 Å². The van der Waals surface area contributed by atoms with Crippen LogP contribution in [0.25, 0.3) is 0 Å². The lowest BCUT2D eigenvalue weighted by Crippen LogP contribution is -2.08. The Hall–Kier alpha value is -1.46. The van der Waals surface area contributed by atoms with Crippen LogP contribution in [0.1, 0.15) is 11.4 Å². The maximum Gasteiger partial charge on any atom is 0.433 e. The van der Waals surface area contributed by atoms with E-state index in [9.17, 15) is 18.1 Å². The lowest BCUT2D eigenvalue weighted by Gasteiger charge is -2.05. The molecule has 13 heavy (non-hydrogen) atoms. The average molecular weight is 190 g/mol. The third kappa shape index (κ3) is 2.50. The topological polar surface area (TPSA) is 42.3 Å². The first-order chi connectivity index (χ1) is 6.04. The number of hydrogen-bond donors (Lipinski definition) is 0. The van der Waals surface area contributed by atoms with Gasteiger partial charge < -0.3 is 0 Å². The summed E-state index contributed by atoms with van der Waals surface area (Å²) in [6, 6.07) is 3.35. The highest BCUT2D eigenvalue weighted by Gasteiger charge is 2.32. The highest BCUT2D eigenvalue weighted by molar-refractivity contribution is 5.13. The second-order valence-corrected chi connectivity index (χ2v) is 2.30. The molecule has 0 aromatic carbocycles. The first-order valence-electron chi connectivity index (χ1n) is 3.36. The van der Waals surface area contributed by atoms with E-state index in [-0.39, 0.29) is 12.2 Å². The molecule has 70 valence electrons. The van der Waals surface area contributed by atoms with Gasteiger partial charge in [0.05, 0.1) is 5.69 Å². The van der Waals surface area contributed by atoms with E-state index in [0.717, 1.165) is 6.07 Å². The first-order valence-corrected chi connectivity index (χ1v) is 3.36. The van der Waals surface area contributed by atoms with Gasteiger partial charge in [0.1, 0.15) is 12.2 Å². The van der Waals surface area contributed by atoms with Crippen molar-refractivity contribution in [2.45, 2.75) is 12.7 Å². The second-order valence-electron chi connectivity index (χ2n) is 2.30. The molecule has 0 aliphatic carbocycles. The van der Waals surface area contributed by atoms with Crippen molar-refractivity contribution >= 4 is 0 Å². The number of alkyl halides is 3. The zero-order chi connectivity index (χ0) is 9.90. The SMILES string of the molecule is O=NCc1cccc(C(F)(F)F)n1. The standard InChI is InChI=1S/C7H5F3N2O/c8-7(9,10)6-3-1-2-5(12-6)4-11-13/h1-3H,4H2. The molecule has 0 bridgehead atoms. The molecule has 0 aliphatic heterocycles. The molecule has 1 heterocycles. The molecule has 0 saturated carbocycles. The molecule has 0 fully saturated rings. The van der Waals surface area contributed by atoms with E-state index in [0.29, 0.717) is 0 Å². The predicted molar refractivity (Wildman–Crippen MR) is 38.7 cm³/mol. The number of halogens is 3. The maximum atomic E-state index is 12.0. The van der Waals surface area contributed by atoms with Gasteiger partial charge in [-0.3, -0.25) is 0 Å². The molecular formula is C7H5F3N2O. The lowest BCUT2D eigenvalue weighted by atomic mass is 10.3. The monoisotopic (exact) mass is 190 g/mol. The first kappa shape index (κ1) is 9.63. The molecule has 0 aliphatic rings. The summed E-state index contributed by atoms with van der Waals surface area (Å²) < 4.78 is 36.1. The van der Waals surface area contributed by atoms with Crippen molar-refractivity contribution in [3.05, 3.63) is 34.5 Å². The van der Waals surface area contributed by atoms with Crippen molar-refractivity contribution in [1.29, 1.82) is 0 Å². The van der Waals surface area contributed by atoms with E-state index in [2.05, 4.69) is 10.2 Å². The van der Waals surface area contributed by atoms with Crippen LogP contribution >= 0.6 is 0 Å². The summed E-state index contributed by atoms with van der Waals surface area (Å²) in [5.74, 6) is 0. The summed E-state index contributed by atoms with van der Waals surface area (Å²) in [6.45, 7) is -0.343. The Balaban J connectivity index is 2.98. The third-order valence-corrected chi connectivity index (χ3v) is 1.32. The number of aromatic nitrogens is 1. The molecule has 1 aromatic heterocycles. The van der Waals surface area contributed by atoms with Gasteiger partial charge in [0.15, 0.2) is 0 Å². The van der Waals surface area contributed by atoms with Crippen molar-refractivity contribution < 1.29 is 13.2 Å². The van der Waals surface area contributed by atoms with Gasteiger partial charge in [-0.05, 0) is 12.1 Å². The molecule has 0 unspecified atom stereocenters. The van der Waals surface area contributed by atoms with Gasteiger partial charge in [-0.25, -0.2) is 4.98 Å². The molecule has 0 spiro atoms. The quantitative estimate of drug-likeness (QED) is 0.671. The minimum absolute atomic E-state index is 0.0184. The van der Waals surface area contributed by atoms with Crippen molar-refractivity contribution in [2.75, 3.05) is 0 Å². The van der Waals surface area contributed by atoms with Gasteiger partial charge in [-0.2, -0.15) is 18.1 Å². The minimum atomic E-state index is -4.47. The fourth-order valence-electron chi connectivity index (χ4n) is 0.792. The Morgan fingerprint density at radius 2 is 2.08 bits per heavy atom. The Bertz CT molecular complexity index is 311. The van der Waals surface area contributed by atoms with Gasteiger partial charge in [0.25, 0.3) is 0 Å². The molecular weight excluding hydrogens is 185 g/mol. The van der Waals surface area contributed by atoms with Crippen LogP contribution < -0.4 is 0 Å². The van der Waals surface area contributed by atoms with Crippen LogP contribution in [0.15, 0.2) is 23.4 Å². The van der Waals surface area contributed by atoms with Gasteiger partial charge in [0.2, 0.25) is 0 Å². The van der Waals surface area contributed by atoms with Crippen LogP contribution in [-0.4, -0.2) is 4.98 Å². The van der Waals surface area contributed by atoms with Crippen LogP contribution in [-0.2, 0) is 12.7 Å². The second kappa shape index (κ2) is 3.51. The van der Waals surface area contributed by atoms with E-state index in [1.165, 1.54) is 12.1 Å². The number of nitrogens with zero attached hydrogens (tertiary/aromatic N) is 2. The third-order valence-electron chi connectivity index (χ3n) is 1.32. The Kier molecular flexibility index (Phi) is 2.60. The van der Waals surface area contributed by atoms with Crippen LogP contribution in [0.3, 0.4) is 0 Å². The molecule has 0 radical (unpaired) electrons. The van der Waals surface area contributed by atoms with E-state index in [1.807, 2.05) is 0 Å². The Morgan fingerprint density at radius 3 is 2.62 bits per heavy atom. The highest BCUT2D eigenvalue weighted by Crippen LogP contribution is 2.27. The molecule has 0 amide bonds. The Morgan fingerprint density at radius 1 is 1.38 bits per heavy atom. The van der Waals surface area contributed by atoms with E-state index < -0.39 is 11.9 Å². The maximum absolute atomic E-state index is 12.0. The minimum Gasteiger partial charge on any atom is -0.246 e. The van der Waals surface area contributed by atoms with Crippen molar-refractivity contribution in [3.8, 4) is 0 Å². The summed E-state index contributed by atoms with van der Waals surface area (Å²) in [5.41, 5.74) is -0.988. The van der Waals surface area contributed by atoms with Crippen molar-refractivity contribution in [1.82, 2.24) is 4.98 Å². The molecule has 6 heteroatoms. The predicted octanol–water partition coefficient (Wildman–Crippen LogP) is 2.37. The largest absolute Gasteiger partial charge is 0.433 e. The molecule has 0 N–H and O–H groups in total. The Labute approximate surface area is 71.6 Å².